The summed E-state index contributed by atoms with van der Waals surface area (Å²) in [7, 11) is 0. The van der Waals surface area contributed by atoms with Crippen molar-refractivity contribution in [3.8, 4) is 0 Å². The SMILES string of the molecule is CC(Nc1ncnc2nc[nH]c12)c1cc(Cl)c2cccnc2c1N1CCC(C2CCC2)CC1. The summed E-state index contributed by atoms with van der Waals surface area (Å²) in [5, 5.41) is 5.30. The molecular weight excluding hydrogens is 434 g/mol. The highest BCUT2D eigenvalue weighted by Gasteiger charge is 2.32. The molecule has 2 N–H and O–H groups in total. The number of rotatable bonds is 5. The average Bonchev–Trinajstić information content (AvgIpc) is 3.29. The van der Waals surface area contributed by atoms with Crippen molar-refractivity contribution in [2.75, 3.05) is 23.3 Å². The summed E-state index contributed by atoms with van der Waals surface area (Å²) >= 11 is 6.76. The van der Waals surface area contributed by atoms with E-state index in [9.17, 15) is 0 Å². The van der Waals surface area contributed by atoms with Gasteiger partial charge in [-0.2, -0.15) is 0 Å². The van der Waals surface area contributed by atoms with Crippen LogP contribution in [-0.2, 0) is 0 Å². The molecule has 2 aliphatic rings. The maximum absolute atomic E-state index is 6.76. The standard InChI is InChI=1S/C25H28ClN7/c1-15(32-25-22-24(29-13-28-22)30-14-31-25)19-12-20(26)18-6-3-9-27-21(18)23(19)33-10-7-17(8-11-33)16-4-2-5-16/h3,6,9,12-17H,2,4-5,7-8,10-11H2,1H3,(H2,28,29,30,31,32). The molecule has 1 aliphatic heterocycles. The number of fused-ring (bicyclic) bond motifs is 2. The first-order chi connectivity index (χ1) is 16.2. The molecule has 1 saturated heterocycles. The number of nitrogens with zero attached hydrogens (tertiary/aromatic N) is 5. The lowest BCUT2D eigenvalue weighted by Gasteiger charge is -2.41. The van der Waals surface area contributed by atoms with Crippen molar-refractivity contribution < 1.29 is 0 Å². The van der Waals surface area contributed by atoms with Gasteiger partial charge in [0.05, 0.1) is 28.6 Å². The Kier molecular flexibility index (Phi) is 5.29. The molecule has 1 saturated carbocycles. The number of anilines is 2. The summed E-state index contributed by atoms with van der Waals surface area (Å²) in [6, 6.07) is 6.09. The fourth-order valence-electron chi connectivity index (χ4n) is 5.53. The minimum Gasteiger partial charge on any atom is -0.369 e. The van der Waals surface area contributed by atoms with E-state index in [-0.39, 0.29) is 6.04 Å². The molecule has 2 fully saturated rings. The zero-order chi connectivity index (χ0) is 22.4. The third-order valence-electron chi connectivity index (χ3n) is 7.56. The second-order valence-corrected chi connectivity index (χ2v) is 9.81. The number of aromatic amines is 1. The van der Waals surface area contributed by atoms with Crippen LogP contribution in [0.2, 0.25) is 5.02 Å². The van der Waals surface area contributed by atoms with E-state index >= 15 is 0 Å². The first-order valence-electron chi connectivity index (χ1n) is 11.9. The predicted octanol–water partition coefficient (Wildman–Crippen LogP) is 5.74. The zero-order valence-electron chi connectivity index (χ0n) is 18.8. The van der Waals surface area contributed by atoms with Crippen molar-refractivity contribution in [1.29, 1.82) is 0 Å². The molecule has 4 heterocycles. The normalized spacial score (nSPS) is 18.5. The van der Waals surface area contributed by atoms with Crippen molar-refractivity contribution in [2.24, 2.45) is 11.8 Å². The van der Waals surface area contributed by atoms with Crippen LogP contribution in [0, 0.1) is 11.8 Å². The molecule has 6 rings (SSSR count). The minimum absolute atomic E-state index is 0.0327. The first-order valence-corrected chi connectivity index (χ1v) is 12.3. The Hall–Kier alpha value is -2.93. The molecule has 1 atom stereocenters. The van der Waals surface area contributed by atoms with Crippen LogP contribution in [0.1, 0.15) is 50.6 Å². The zero-order valence-corrected chi connectivity index (χ0v) is 19.5. The molecule has 0 radical (unpaired) electrons. The Morgan fingerprint density at radius 3 is 2.70 bits per heavy atom. The van der Waals surface area contributed by atoms with E-state index in [1.165, 1.54) is 37.8 Å². The van der Waals surface area contributed by atoms with E-state index in [0.29, 0.717) is 5.65 Å². The summed E-state index contributed by atoms with van der Waals surface area (Å²) in [6.07, 6.45) is 11.8. The largest absolute Gasteiger partial charge is 0.369 e. The quantitative estimate of drug-likeness (QED) is 0.394. The minimum atomic E-state index is -0.0327. The van der Waals surface area contributed by atoms with E-state index < -0.39 is 0 Å². The topological polar surface area (TPSA) is 82.6 Å². The Morgan fingerprint density at radius 2 is 1.91 bits per heavy atom. The molecule has 1 aliphatic carbocycles. The van der Waals surface area contributed by atoms with Crippen molar-refractivity contribution in [3.05, 3.63) is 47.6 Å². The maximum Gasteiger partial charge on any atom is 0.182 e. The van der Waals surface area contributed by atoms with E-state index in [2.05, 4.69) is 49.2 Å². The second-order valence-electron chi connectivity index (χ2n) is 9.40. The van der Waals surface area contributed by atoms with Gasteiger partial charge in [-0.05, 0) is 49.8 Å². The van der Waals surface area contributed by atoms with Crippen LogP contribution in [0.3, 0.4) is 0 Å². The molecule has 4 aromatic rings. The summed E-state index contributed by atoms with van der Waals surface area (Å²) in [6.45, 7) is 4.27. The van der Waals surface area contributed by atoms with Crippen LogP contribution >= 0.6 is 11.6 Å². The lowest BCUT2D eigenvalue weighted by Crippen LogP contribution is -2.38. The van der Waals surface area contributed by atoms with Crippen LogP contribution in [0.5, 0.6) is 0 Å². The van der Waals surface area contributed by atoms with Crippen LogP contribution in [-0.4, -0.2) is 38.0 Å². The molecule has 170 valence electrons. The number of hydrogen-bond acceptors (Lipinski definition) is 6. The number of pyridine rings is 1. The first kappa shape index (κ1) is 20.7. The van der Waals surface area contributed by atoms with Crippen molar-refractivity contribution in [1.82, 2.24) is 24.9 Å². The Labute approximate surface area is 198 Å². The van der Waals surface area contributed by atoms with E-state index in [4.69, 9.17) is 16.6 Å². The number of nitrogens with one attached hydrogen (secondary N) is 2. The number of halogens is 1. The van der Waals surface area contributed by atoms with Crippen molar-refractivity contribution >= 4 is 45.2 Å². The molecule has 0 amide bonds. The Morgan fingerprint density at radius 1 is 1.09 bits per heavy atom. The summed E-state index contributed by atoms with van der Waals surface area (Å²) in [4.78, 5) is 23.4. The molecule has 3 aromatic heterocycles. The van der Waals surface area contributed by atoms with Gasteiger partial charge < -0.3 is 15.2 Å². The highest BCUT2D eigenvalue weighted by Crippen LogP contribution is 2.43. The molecule has 33 heavy (non-hydrogen) atoms. The molecule has 7 nitrogen and oxygen atoms in total. The number of hydrogen-bond donors (Lipinski definition) is 2. The van der Waals surface area contributed by atoms with Crippen LogP contribution in [0.25, 0.3) is 22.1 Å². The molecule has 0 spiro atoms. The third kappa shape index (κ3) is 3.68. The van der Waals surface area contributed by atoms with Gasteiger partial charge in [0, 0.05) is 30.2 Å². The van der Waals surface area contributed by atoms with E-state index in [1.54, 1.807) is 12.7 Å². The number of piperidine rings is 1. The van der Waals surface area contributed by atoms with Crippen LogP contribution in [0.15, 0.2) is 37.1 Å². The fourth-order valence-corrected chi connectivity index (χ4v) is 5.80. The number of imidazole rings is 1. The summed E-state index contributed by atoms with van der Waals surface area (Å²) < 4.78 is 0. The highest BCUT2D eigenvalue weighted by molar-refractivity contribution is 6.36. The molecule has 0 bridgehead atoms. The Bertz CT molecular complexity index is 1290. The lowest BCUT2D eigenvalue weighted by atomic mass is 9.72. The second kappa shape index (κ2) is 8.45. The van der Waals surface area contributed by atoms with Gasteiger partial charge in [-0.15, -0.1) is 0 Å². The smallest absolute Gasteiger partial charge is 0.182 e. The predicted molar refractivity (Wildman–Crippen MR) is 133 cm³/mol. The van der Waals surface area contributed by atoms with Crippen molar-refractivity contribution in [2.45, 2.75) is 45.1 Å². The van der Waals surface area contributed by atoms with Gasteiger partial charge in [0.15, 0.2) is 11.5 Å². The number of H-pyrrole nitrogens is 1. The number of aromatic nitrogens is 5. The van der Waals surface area contributed by atoms with Gasteiger partial charge in [0.25, 0.3) is 0 Å². The molecular formula is C25H28ClN7. The maximum atomic E-state index is 6.76. The van der Waals surface area contributed by atoms with E-state index in [1.807, 2.05) is 12.3 Å². The van der Waals surface area contributed by atoms with Gasteiger partial charge in [-0.3, -0.25) is 4.98 Å². The summed E-state index contributed by atoms with van der Waals surface area (Å²) in [5.74, 6) is 2.55. The fraction of sp³-hybridized carbons (Fsp3) is 0.440. The van der Waals surface area contributed by atoms with Gasteiger partial charge in [0.1, 0.15) is 11.8 Å². The number of benzene rings is 1. The third-order valence-corrected chi connectivity index (χ3v) is 7.87. The monoisotopic (exact) mass is 461 g/mol. The summed E-state index contributed by atoms with van der Waals surface area (Å²) in [5.41, 5.74) is 4.76. The van der Waals surface area contributed by atoms with Gasteiger partial charge in [-0.25, -0.2) is 15.0 Å². The Balaban J connectivity index is 1.37. The molecule has 1 unspecified atom stereocenters. The van der Waals surface area contributed by atoms with E-state index in [0.717, 1.165) is 57.7 Å². The van der Waals surface area contributed by atoms with Crippen LogP contribution in [0.4, 0.5) is 11.5 Å². The molecule has 1 aromatic carbocycles. The lowest BCUT2D eigenvalue weighted by molar-refractivity contribution is 0.176. The molecule has 8 heteroatoms. The van der Waals surface area contributed by atoms with Gasteiger partial charge in [0.2, 0.25) is 0 Å². The van der Waals surface area contributed by atoms with Crippen LogP contribution < -0.4 is 10.2 Å². The highest BCUT2D eigenvalue weighted by atomic mass is 35.5. The van der Waals surface area contributed by atoms with Gasteiger partial charge >= 0.3 is 0 Å². The van der Waals surface area contributed by atoms with Gasteiger partial charge in [-0.1, -0.05) is 30.9 Å². The van der Waals surface area contributed by atoms with Crippen molar-refractivity contribution in [3.63, 3.8) is 0 Å². The average molecular weight is 462 g/mol.